The van der Waals surface area contributed by atoms with Gasteiger partial charge in [-0.3, -0.25) is 9.48 Å². The summed E-state index contributed by atoms with van der Waals surface area (Å²) in [6, 6.07) is 1.92. The molecule has 0 saturated heterocycles. The molecule has 1 heterocycles. The quantitative estimate of drug-likeness (QED) is 0.706. The molecule has 0 bridgehead atoms. The van der Waals surface area contributed by atoms with Crippen molar-refractivity contribution in [2.24, 2.45) is 0 Å². The van der Waals surface area contributed by atoms with E-state index in [0.717, 1.165) is 5.69 Å². The van der Waals surface area contributed by atoms with E-state index in [1.165, 1.54) is 0 Å². The lowest BCUT2D eigenvalue weighted by Gasteiger charge is -2.04. The van der Waals surface area contributed by atoms with Crippen LogP contribution >= 0.6 is 0 Å². The van der Waals surface area contributed by atoms with Crippen LogP contribution in [0.3, 0.4) is 0 Å². The van der Waals surface area contributed by atoms with Gasteiger partial charge in [0.2, 0.25) is 5.91 Å². The molecule has 14 heavy (non-hydrogen) atoms. The summed E-state index contributed by atoms with van der Waals surface area (Å²) in [6.45, 7) is 6.64. The molecule has 4 heteroatoms. The Kier molecular flexibility index (Phi) is 3.91. The van der Waals surface area contributed by atoms with Gasteiger partial charge in [-0.1, -0.05) is 6.08 Å². The van der Waals surface area contributed by atoms with Gasteiger partial charge in [0.15, 0.2) is 0 Å². The number of hydrogen-bond acceptors (Lipinski definition) is 2. The van der Waals surface area contributed by atoms with Crippen LogP contribution in [0.4, 0.5) is 0 Å². The molecule has 0 aliphatic rings. The van der Waals surface area contributed by atoms with Crippen LogP contribution in [-0.4, -0.2) is 22.2 Å². The molecule has 1 rings (SSSR count). The van der Waals surface area contributed by atoms with E-state index in [-0.39, 0.29) is 5.91 Å². The number of carbonyl (C=O) groups is 1. The molecule has 0 aliphatic carbocycles. The minimum Gasteiger partial charge on any atom is -0.353 e. The van der Waals surface area contributed by atoms with E-state index in [0.29, 0.717) is 19.5 Å². The average Bonchev–Trinajstić information content (AvgIpc) is 2.58. The van der Waals surface area contributed by atoms with Crippen LogP contribution in [0.2, 0.25) is 0 Å². The van der Waals surface area contributed by atoms with Gasteiger partial charge in [-0.25, -0.2) is 0 Å². The standard InChI is InChI=1S/C10H15N3O/c1-3-6-11-10(14)5-8-13-9(2)4-7-12-13/h3-4,7H,1,5-6,8H2,2H3,(H,11,14). The fraction of sp³-hybridized carbons (Fsp3) is 0.400. The molecule has 0 saturated carbocycles. The van der Waals surface area contributed by atoms with E-state index in [1.807, 2.05) is 17.7 Å². The van der Waals surface area contributed by atoms with Crippen molar-refractivity contribution >= 4 is 5.91 Å². The summed E-state index contributed by atoms with van der Waals surface area (Å²) in [7, 11) is 0. The molecular formula is C10H15N3O. The van der Waals surface area contributed by atoms with Gasteiger partial charge in [0.05, 0.1) is 0 Å². The molecule has 0 unspecified atom stereocenters. The van der Waals surface area contributed by atoms with Crippen molar-refractivity contribution in [3.63, 3.8) is 0 Å². The van der Waals surface area contributed by atoms with Crippen LogP contribution < -0.4 is 5.32 Å². The van der Waals surface area contributed by atoms with Crippen molar-refractivity contribution < 1.29 is 4.79 Å². The molecule has 4 nitrogen and oxygen atoms in total. The van der Waals surface area contributed by atoms with E-state index in [9.17, 15) is 4.79 Å². The van der Waals surface area contributed by atoms with Crippen LogP contribution in [0.1, 0.15) is 12.1 Å². The second-order valence-electron chi connectivity index (χ2n) is 3.04. The predicted octanol–water partition coefficient (Wildman–Crippen LogP) is 0.884. The van der Waals surface area contributed by atoms with E-state index >= 15 is 0 Å². The first-order chi connectivity index (χ1) is 6.74. The third-order valence-electron chi connectivity index (χ3n) is 1.92. The Balaban J connectivity index is 2.30. The van der Waals surface area contributed by atoms with Gasteiger partial charge in [0.25, 0.3) is 0 Å². The Labute approximate surface area is 83.6 Å². The third-order valence-corrected chi connectivity index (χ3v) is 1.92. The lowest BCUT2D eigenvalue weighted by Crippen LogP contribution is -2.24. The van der Waals surface area contributed by atoms with Crippen LogP contribution in [0.5, 0.6) is 0 Å². The number of hydrogen-bond donors (Lipinski definition) is 1. The molecule has 1 aromatic rings. The highest BCUT2D eigenvalue weighted by Gasteiger charge is 2.01. The molecule has 0 aromatic carbocycles. The summed E-state index contributed by atoms with van der Waals surface area (Å²) in [6.07, 6.45) is 3.85. The number of nitrogens with one attached hydrogen (secondary N) is 1. The summed E-state index contributed by atoms with van der Waals surface area (Å²) in [4.78, 5) is 11.2. The number of nitrogens with zero attached hydrogens (tertiary/aromatic N) is 2. The smallest absolute Gasteiger partial charge is 0.222 e. The Bertz CT molecular complexity index is 317. The van der Waals surface area contributed by atoms with Gasteiger partial charge in [-0.15, -0.1) is 6.58 Å². The minimum absolute atomic E-state index is 0.0276. The minimum atomic E-state index is 0.0276. The number of amides is 1. The third kappa shape index (κ3) is 3.05. The Morgan fingerprint density at radius 3 is 3.14 bits per heavy atom. The summed E-state index contributed by atoms with van der Waals surface area (Å²) in [5.74, 6) is 0.0276. The van der Waals surface area contributed by atoms with Gasteiger partial charge in [0.1, 0.15) is 0 Å². The van der Waals surface area contributed by atoms with Crippen molar-refractivity contribution in [3.05, 3.63) is 30.6 Å². The van der Waals surface area contributed by atoms with Crippen LogP contribution in [0.15, 0.2) is 24.9 Å². The maximum Gasteiger partial charge on any atom is 0.222 e. The van der Waals surface area contributed by atoms with Crippen LogP contribution in [0.25, 0.3) is 0 Å². The summed E-state index contributed by atoms with van der Waals surface area (Å²) < 4.78 is 1.81. The molecule has 0 spiro atoms. The monoisotopic (exact) mass is 193 g/mol. The number of aromatic nitrogens is 2. The van der Waals surface area contributed by atoms with Crippen LogP contribution in [0, 0.1) is 6.92 Å². The zero-order chi connectivity index (χ0) is 10.4. The average molecular weight is 193 g/mol. The fourth-order valence-electron chi connectivity index (χ4n) is 1.11. The van der Waals surface area contributed by atoms with E-state index in [2.05, 4.69) is 17.0 Å². The van der Waals surface area contributed by atoms with Crippen LogP contribution in [-0.2, 0) is 11.3 Å². The molecule has 1 amide bonds. The second-order valence-corrected chi connectivity index (χ2v) is 3.04. The van der Waals surface area contributed by atoms with Gasteiger partial charge in [-0.05, 0) is 13.0 Å². The molecule has 76 valence electrons. The molecule has 0 fully saturated rings. The molecule has 1 aromatic heterocycles. The largest absolute Gasteiger partial charge is 0.353 e. The topological polar surface area (TPSA) is 46.9 Å². The fourth-order valence-corrected chi connectivity index (χ4v) is 1.11. The molecule has 0 aliphatic heterocycles. The SMILES string of the molecule is C=CCNC(=O)CCn1nccc1C. The molecule has 0 atom stereocenters. The van der Waals surface area contributed by atoms with E-state index in [1.54, 1.807) is 12.3 Å². The lowest BCUT2D eigenvalue weighted by atomic mass is 10.4. The first-order valence-electron chi connectivity index (χ1n) is 4.60. The first kappa shape index (κ1) is 10.5. The molecule has 1 N–H and O–H groups in total. The highest BCUT2D eigenvalue weighted by atomic mass is 16.1. The van der Waals surface area contributed by atoms with E-state index < -0.39 is 0 Å². The number of rotatable bonds is 5. The summed E-state index contributed by atoms with van der Waals surface area (Å²) in [5.41, 5.74) is 1.07. The highest BCUT2D eigenvalue weighted by Crippen LogP contribution is 1.97. The zero-order valence-electron chi connectivity index (χ0n) is 8.36. The van der Waals surface area contributed by atoms with Gasteiger partial charge >= 0.3 is 0 Å². The Morgan fingerprint density at radius 1 is 1.79 bits per heavy atom. The maximum atomic E-state index is 11.2. The number of aryl methyl sites for hydroxylation is 2. The van der Waals surface area contributed by atoms with E-state index in [4.69, 9.17) is 0 Å². The molecule has 0 radical (unpaired) electrons. The maximum absolute atomic E-state index is 11.2. The van der Waals surface area contributed by atoms with Gasteiger partial charge < -0.3 is 5.32 Å². The van der Waals surface area contributed by atoms with Crippen molar-refractivity contribution in [2.45, 2.75) is 19.9 Å². The van der Waals surface area contributed by atoms with Crippen molar-refractivity contribution in [3.8, 4) is 0 Å². The Morgan fingerprint density at radius 2 is 2.57 bits per heavy atom. The highest BCUT2D eigenvalue weighted by molar-refractivity contribution is 5.75. The summed E-state index contributed by atoms with van der Waals surface area (Å²) in [5, 5.41) is 6.80. The first-order valence-corrected chi connectivity index (χ1v) is 4.60. The zero-order valence-corrected chi connectivity index (χ0v) is 8.36. The lowest BCUT2D eigenvalue weighted by molar-refractivity contribution is -0.121. The number of carbonyl (C=O) groups excluding carboxylic acids is 1. The van der Waals surface area contributed by atoms with Crippen molar-refractivity contribution in [1.82, 2.24) is 15.1 Å². The normalized spacial score (nSPS) is 9.79. The van der Waals surface area contributed by atoms with Gasteiger partial charge in [0, 0.05) is 31.4 Å². The summed E-state index contributed by atoms with van der Waals surface area (Å²) >= 11 is 0. The predicted molar refractivity (Wildman–Crippen MR) is 54.8 cm³/mol. The molecular weight excluding hydrogens is 178 g/mol. The van der Waals surface area contributed by atoms with Gasteiger partial charge in [-0.2, -0.15) is 5.10 Å². The Hall–Kier alpha value is -1.58. The second kappa shape index (κ2) is 5.21. The van der Waals surface area contributed by atoms with Crippen molar-refractivity contribution in [1.29, 1.82) is 0 Å². The van der Waals surface area contributed by atoms with Crippen molar-refractivity contribution in [2.75, 3.05) is 6.54 Å².